The molecular formula is C58H103NO10. The highest BCUT2D eigenvalue weighted by Crippen LogP contribution is 2.23. The molecule has 400 valence electrons. The van der Waals surface area contributed by atoms with E-state index in [1.165, 1.54) is 122 Å². The molecular weight excluding hydrogens is 871 g/mol. The summed E-state index contributed by atoms with van der Waals surface area (Å²) < 4.78 is 16.6. The predicted molar refractivity (Wildman–Crippen MR) is 283 cm³/mol. The molecule has 1 fully saturated rings. The van der Waals surface area contributed by atoms with Crippen molar-refractivity contribution in [2.24, 2.45) is 0 Å². The van der Waals surface area contributed by atoms with E-state index in [1.807, 2.05) is 18.2 Å². The number of hydrogen-bond acceptors (Lipinski definition) is 10. The van der Waals surface area contributed by atoms with Crippen LogP contribution in [0.5, 0.6) is 0 Å². The average Bonchev–Trinajstić information content (AvgIpc) is 3.34. The van der Waals surface area contributed by atoms with Crippen molar-refractivity contribution in [1.29, 1.82) is 0 Å². The first-order valence-corrected chi connectivity index (χ1v) is 28.1. The second-order valence-electron chi connectivity index (χ2n) is 19.3. The summed E-state index contributed by atoms with van der Waals surface area (Å²) in [7, 11) is 0. The van der Waals surface area contributed by atoms with Gasteiger partial charge in [-0.15, -0.1) is 0 Å². The zero-order valence-corrected chi connectivity index (χ0v) is 43.8. The lowest BCUT2D eigenvalue weighted by molar-refractivity contribution is -0.302. The van der Waals surface area contributed by atoms with Crippen LogP contribution in [0.15, 0.2) is 60.8 Å². The van der Waals surface area contributed by atoms with E-state index in [-0.39, 0.29) is 24.9 Å². The summed E-state index contributed by atoms with van der Waals surface area (Å²) in [6, 6.07) is -0.854. The first-order valence-electron chi connectivity index (χ1n) is 28.1. The fourth-order valence-electron chi connectivity index (χ4n) is 8.34. The molecule has 7 atom stereocenters. The maximum atomic E-state index is 12.9. The fourth-order valence-corrected chi connectivity index (χ4v) is 8.34. The summed E-state index contributed by atoms with van der Waals surface area (Å²) in [5, 5.41) is 54.0. The molecule has 0 bridgehead atoms. The van der Waals surface area contributed by atoms with Gasteiger partial charge in [0, 0.05) is 12.8 Å². The quantitative estimate of drug-likeness (QED) is 0.0196. The lowest BCUT2D eigenvalue weighted by Gasteiger charge is -2.40. The molecule has 6 N–H and O–H groups in total. The van der Waals surface area contributed by atoms with Gasteiger partial charge in [-0.05, 0) is 83.5 Å². The Morgan fingerprint density at radius 3 is 1.52 bits per heavy atom. The number of aliphatic hydroxyl groups is 5. The van der Waals surface area contributed by atoms with Crippen molar-refractivity contribution in [3.05, 3.63) is 60.8 Å². The summed E-state index contributed by atoms with van der Waals surface area (Å²) in [5.74, 6) is -0.311. The number of esters is 1. The van der Waals surface area contributed by atoms with E-state index in [4.69, 9.17) is 14.2 Å². The molecule has 0 spiro atoms. The van der Waals surface area contributed by atoms with Crippen molar-refractivity contribution in [2.75, 3.05) is 19.8 Å². The Labute approximate surface area is 420 Å². The van der Waals surface area contributed by atoms with Gasteiger partial charge in [-0.1, -0.05) is 197 Å². The Kier molecular flexibility index (Phi) is 44.5. The zero-order valence-electron chi connectivity index (χ0n) is 43.8. The Morgan fingerprint density at radius 1 is 0.536 bits per heavy atom. The summed E-state index contributed by atoms with van der Waals surface area (Å²) in [6.07, 6.45) is 50.5. The molecule has 0 saturated carbocycles. The molecule has 0 radical (unpaired) electrons. The molecule has 0 aromatic carbocycles. The maximum absolute atomic E-state index is 12.9. The highest BCUT2D eigenvalue weighted by molar-refractivity contribution is 5.76. The summed E-state index contributed by atoms with van der Waals surface area (Å²) in [4.78, 5) is 25.0. The second-order valence-corrected chi connectivity index (χ2v) is 19.3. The van der Waals surface area contributed by atoms with Crippen LogP contribution in [0.1, 0.15) is 232 Å². The van der Waals surface area contributed by atoms with Gasteiger partial charge in [-0.2, -0.15) is 0 Å². The molecule has 1 aliphatic heterocycles. The third-order valence-electron chi connectivity index (χ3n) is 12.9. The molecule has 1 rings (SSSR count). The summed E-state index contributed by atoms with van der Waals surface area (Å²) >= 11 is 0. The van der Waals surface area contributed by atoms with Crippen molar-refractivity contribution < 1.29 is 49.3 Å². The SMILES string of the molecule is CCCCC/C=C\C/C=C\CCCCCCCCCCCC(=O)OCCCCCCCC/C=C\C/C=C\CCC(=O)NC(COC1OC(CO)C(O)C(O)C1O)C(O)/C=C/CCCCCCCCC. The van der Waals surface area contributed by atoms with Crippen molar-refractivity contribution in [2.45, 2.75) is 275 Å². The van der Waals surface area contributed by atoms with Gasteiger partial charge < -0.3 is 45.1 Å². The fraction of sp³-hybridized carbons (Fsp3) is 0.793. The zero-order chi connectivity index (χ0) is 50.3. The minimum atomic E-state index is -1.59. The second kappa shape index (κ2) is 47.7. The van der Waals surface area contributed by atoms with Crippen LogP contribution in [0.25, 0.3) is 0 Å². The Morgan fingerprint density at radius 2 is 0.986 bits per heavy atom. The third kappa shape index (κ3) is 37.8. The first-order chi connectivity index (χ1) is 33.7. The standard InChI is InChI=1S/C58H103NO10/c1-3-5-7-9-11-13-14-15-16-17-18-19-20-23-26-30-34-38-42-46-54(63)67-47-43-39-35-31-27-24-21-22-25-29-33-37-41-45-53(62)59-50(51(61)44-40-36-32-28-12-10-8-6-4-2)49-68-58-57(66)56(65)55(64)52(48-60)69-58/h11,13,15-16,22,25,33,37,40,44,50-52,55-58,60-61,64-66H,3-10,12,14,17-21,23-24,26-32,34-36,38-39,41-43,45-49H2,1-2H3,(H,59,62)/b13-11-,16-15-,25-22-,37-33-,44-40+. The van der Waals surface area contributed by atoms with Crippen molar-refractivity contribution in [3.8, 4) is 0 Å². The highest BCUT2D eigenvalue weighted by Gasteiger charge is 2.44. The Balaban J connectivity index is 2.11. The number of allylic oxidation sites excluding steroid dienone is 9. The first kappa shape index (κ1) is 64.4. The lowest BCUT2D eigenvalue weighted by atomic mass is 9.99. The number of rotatable bonds is 47. The van der Waals surface area contributed by atoms with Crippen LogP contribution in [0.4, 0.5) is 0 Å². The molecule has 1 heterocycles. The van der Waals surface area contributed by atoms with Crippen LogP contribution in [-0.2, 0) is 23.8 Å². The largest absolute Gasteiger partial charge is 0.466 e. The van der Waals surface area contributed by atoms with E-state index in [9.17, 15) is 35.1 Å². The van der Waals surface area contributed by atoms with Gasteiger partial charge in [0.2, 0.25) is 5.91 Å². The van der Waals surface area contributed by atoms with Crippen LogP contribution in [0, 0.1) is 0 Å². The molecule has 11 heteroatoms. The van der Waals surface area contributed by atoms with E-state index >= 15 is 0 Å². The monoisotopic (exact) mass is 974 g/mol. The van der Waals surface area contributed by atoms with Gasteiger partial charge in [-0.25, -0.2) is 0 Å². The molecule has 1 amide bonds. The molecule has 0 aliphatic carbocycles. The number of nitrogens with one attached hydrogen (secondary N) is 1. The molecule has 11 nitrogen and oxygen atoms in total. The molecule has 0 aromatic heterocycles. The summed E-state index contributed by atoms with van der Waals surface area (Å²) in [5.41, 5.74) is 0. The van der Waals surface area contributed by atoms with Crippen molar-refractivity contribution >= 4 is 11.9 Å². The topological polar surface area (TPSA) is 175 Å². The Hall–Kier alpha value is -2.64. The molecule has 7 unspecified atom stereocenters. The molecule has 69 heavy (non-hydrogen) atoms. The molecule has 0 aromatic rings. The minimum Gasteiger partial charge on any atom is -0.466 e. The van der Waals surface area contributed by atoms with Crippen LogP contribution in [0.2, 0.25) is 0 Å². The summed E-state index contributed by atoms with van der Waals surface area (Å²) in [6.45, 7) is 4.18. The minimum absolute atomic E-state index is 0.0443. The number of aliphatic hydroxyl groups excluding tert-OH is 5. The lowest BCUT2D eigenvalue weighted by Crippen LogP contribution is -2.60. The van der Waals surface area contributed by atoms with E-state index in [0.717, 1.165) is 77.0 Å². The number of amides is 1. The van der Waals surface area contributed by atoms with Crippen LogP contribution in [0.3, 0.4) is 0 Å². The average molecular weight is 974 g/mol. The highest BCUT2D eigenvalue weighted by atomic mass is 16.7. The van der Waals surface area contributed by atoms with Crippen LogP contribution < -0.4 is 5.32 Å². The number of ether oxygens (including phenoxy) is 3. The number of carbonyl (C=O) groups is 2. The molecule has 1 saturated heterocycles. The van der Waals surface area contributed by atoms with Gasteiger partial charge in [0.05, 0.1) is 32.0 Å². The van der Waals surface area contributed by atoms with E-state index in [2.05, 4.69) is 55.6 Å². The van der Waals surface area contributed by atoms with Crippen LogP contribution >= 0.6 is 0 Å². The van der Waals surface area contributed by atoms with Crippen molar-refractivity contribution in [3.63, 3.8) is 0 Å². The van der Waals surface area contributed by atoms with Gasteiger partial charge in [0.1, 0.15) is 24.4 Å². The van der Waals surface area contributed by atoms with Gasteiger partial charge in [-0.3, -0.25) is 9.59 Å². The van der Waals surface area contributed by atoms with Gasteiger partial charge in [0.15, 0.2) is 6.29 Å². The smallest absolute Gasteiger partial charge is 0.305 e. The number of carbonyl (C=O) groups excluding carboxylic acids is 2. The van der Waals surface area contributed by atoms with E-state index < -0.39 is 49.5 Å². The number of unbranched alkanes of at least 4 members (excludes halogenated alkanes) is 25. The van der Waals surface area contributed by atoms with Crippen molar-refractivity contribution in [1.82, 2.24) is 5.32 Å². The third-order valence-corrected chi connectivity index (χ3v) is 12.9. The Bertz CT molecular complexity index is 1330. The van der Waals surface area contributed by atoms with E-state index in [1.54, 1.807) is 6.08 Å². The van der Waals surface area contributed by atoms with Gasteiger partial charge in [0.25, 0.3) is 0 Å². The number of hydrogen-bond donors (Lipinski definition) is 6. The van der Waals surface area contributed by atoms with Gasteiger partial charge >= 0.3 is 5.97 Å². The maximum Gasteiger partial charge on any atom is 0.305 e. The normalized spacial score (nSPS) is 19.8. The van der Waals surface area contributed by atoms with E-state index in [0.29, 0.717) is 19.4 Å². The predicted octanol–water partition coefficient (Wildman–Crippen LogP) is 12.3. The van der Waals surface area contributed by atoms with Crippen LogP contribution in [-0.4, -0.2) is 100 Å². The molecule has 1 aliphatic rings.